The van der Waals surface area contributed by atoms with Gasteiger partial charge in [0.15, 0.2) is 0 Å². The highest BCUT2D eigenvalue weighted by atomic mass is 19.1. The molecule has 2 aliphatic rings. The van der Waals surface area contributed by atoms with E-state index in [0.29, 0.717) is 31.2 Å². The number of nitrogens with zero attached hydrogens (tertiary/aromatic N) is 2. The van der Waals surface area contributed by atoms with Crippen molar-refractivity contribution < 1.29 is 14.0 Å². The lowest BCUT2D eigenvalue weighted by Crippen LogP contribution is -2.42. The van der Waals surface area contributed by atoms with Crippen LogP contribution in [-0.4, -0.2) is 47.4 Å². The van der Waals surface area contributed by atoms with E-state index in [1.54, 1.807) is 18.2 Å². The minimum atomic E-state index is -0.332. The first kappa shape index (κ1) is 14.0. The molecule has 0 atom stereocenters. The fourth-order valence-corrected chi connectivity index (χ4v) is 2.57. The third kappa shape index (κ3) is 3.21. The molecule has 1 saturated carbocycles. The zero-order chi connectivity index (χ0) is 14.8. The number of hydrogen-bond donors (Lipinski definition) is 1. The van der Waals surface area contributed by atoms with Gasteiger partial charge in [0.25, 0.3) is 0 Å². The van der Waals surface area contributed by atoms with Gasteiger partial charge in [-0.3, -0.25) is 14.6 Å². The van der Waals surface area contributed by atoms with Gasteiger partial charge in [-0.15, -0.1) is 0 Å². The topological polar surface area (TPSA) is 52.7 Å². The Morgan fingerprint density at radius 1 is 1.38 bits per heavy atom. The number of benzene rings is 1. The normalized spacial score (nSPS) is 18.2. The van der Waals surface area contributed by atoms with Gasteiger partial charge < -0.3 is 5.32 Å². The molecule has 3 rings (SSSR count). The minimum Gasteiger partial charge on any atom is -0.336 e. The van der Waals surface area contributed by atoms with E-state index in [-0.39, 0.29) is 24.3 Å². The van der Waals surface area contributed by atoms with Crippen LogP contribution in [0.2, 0.25) is 0 Å². The Morgan fingerprint density at radius 2 is 2.14 bits per heavy atom. The average molecular weight is 291 g/mol. The Morgan fingerprint density at radius 3 is 2.76 bits per heavy atom. The highest BCUT2D eigenvalue weighted by Gasteiger charge is 2.34. The third-order valence-electron chi connectivity index (χ3n) is 3.89. The van der Waals surface area contributed by atoms with E-state index < -0.39 is 0 Å². The molecule has 112 valence electrons. The number of imide groups is 1. The Labute approximate surface area is 122 Å². The fourth-order valence-electron chi connectivity index (χ4n) is 2.57. The fraction of sp³-hybridized carbons (Fsp3) is 0.467. The first-order valence-electron chi connectivity index (χ1n) is 7.21. The molecule has 1 aromatic carbocycles. The van der Waals surface area contributed by atoms with Gasteiger partial charge >= 0.3 is 6.03 Å². The summed E-state index contributed by atoms with van der Waals surface area (Å²) in [6.45, 7) is 1.47. The van der Waals surface area contributed by atoms with Crippen molar-refractivity contribution in [1.29, 1.82) is 0 Å². The Hall–Kier alpha value is -1.95. The van der Waals surface area contributed by atoms with E-state index in [0.717, 1.165) is 12.8 Å². The molecule has 2 fully saturated rings. The van der Waals surface area contributed by atoms with E-state index in [4.69, 9.17) is 0 Å². The largest absolute Gasteiger partial charge is 0.336 e. The van der Waals surface area contributed by atoms with Crippen molar-refractivity contribution in [3.63, 3.8) is 0 Å². The first-order valence-corrected chi connectivity index (χ1v) is 7.21. The van der Waals surface area contributed by atoms with Crippen LogP contribution in [0.3, 0.4) is 0 Å². The Balaban J connectivity index is 1.66. The Bertz CT molecular complexity index is 560. The van der Waals surface area contributed by atoms with Gasteiger partial charge in [0.05, 0.1) is 6.54 Å². The summed E-state index contributed by atoms with van der Waals surface area (Å²) in [6.07, 6.45) is 2.04. The number of amides is 3. The molecule has 0 aromatic heterocycles. The van der Waals surface area contributed by atoms with Crippen molar-refractivity contribution >= 4 is 11.9 Å². The molecular weight excluding hydrogens is 273 g/mol. The summed E-state index contributed by atoms with van der Waals surface area (Å²) < 4.78 is 13.7. The number of nitrogens with one attached hydrogen (secondary N) is 1. The summed E-state index contributed by atoms with van der Waals surface area (Å²) in [4.78, 5) is 26.9. The van der Waals surface area contributed by atoms with Crippen molar-refractivity contribution in [1.82, 2.24) is 15.1 Å². The monoisotopic (exact) mass is 291 g/mol. The number of urea groups is 1. The third-order valence-corrected chi connectivity index (χ3v) is 3.89. The molecule has 1 aliphatic carbocycles. The summed E-state index contributed by atoms with van der Waals surface area (Å²) >= 11 is 0. The minimum absolute atomic E-state index is 0.159. The van der Waals surface area contributed by atoms with Crippen molar-refractivity contribution in [3.05, 3.63) is 35.6 Å². The first-order chi connectivity index (χ1) is 10.1. The van der Waals surface area contributed by atoms with E-state index in [1.165, 1.54) is 11.0 Å². The highest BCUT2D eigenvalue weighted by Crippen LogP contribution is 2.28. The van der Waals surface area contributed by atoms with E-state index in [9.17, 15) is 14.0 Å². The maximum Gasteiger partial charge on any atom is 0.324 e. The molecule has 0 bridgehead atoms. The molecule has 5 nitrogen and oxygen atoms in total. The van der Waals surface area contributed by atoms with Crippen LogP contribution in [0.5, 0.6) is 0 Å². The van der Waals surface area contributed by atoms with Crippen LogP contribution in [0.25, 0.3) is 0 Å². The van der Waals surface area contributed by atoms with Crippen molar-refractivity contribution in [2.24, 2.45) is 0 Å². The molecule has 0 unspecified atom stereocenters. The van der Waals surface area contributed by atoms with Gasteiger partial charge in [0, 0.05) is 31.2 Å². The van der Waals surface area contributed by atoms with Crippen molar-refractivity contribution in [2.75, 3.05) is 19.6 Å². The molecule has 1 N–H and O–H groups in total. The number of rotatable bonds is 5. The molecule has 0 spiro atoms. The van der Waals surface area contributed by atoms with Crippen molar-refractivity contribution in [3.8, 4) is 0 Å². The predicted octanol–water partition coefficient (Wildman–Crippen LogP) is 1.34. The van der Waals surface area contributed by atoms with Crippen molar-refractivity contribution in [2.45, 2.75) is 25.4 Å². The lowest BCUT2D eigenvalue weighted by atomic mass is 10.2. The maximum atomic E-state index is 13.7. The number of carbonyl (C=O) groups excluding carboxylic acids is 2. The quantitative estimate of drug-likeness (QED) is 0.891. The lowest BCUT2D eigenvalue weighted by molar-refractivity contribution is -0.129. The molecule has 6 heteroatoms. The van der Waals surface area contributed by atoms with Gasteiger partial charge in [0.2, 0.25) is 5.91 Å². The SMILES string of the molecule is O=C(CN(Cc1ccccc1F)C1CC1)N1CCNC1=O. The average Bonchev–Trinajstić information content (AvgIpc) is 3.22. The molecule has 1 heterocycles. The molecule has 21 heavy (non-hydrogen) atoms. The van der Waals surface area contributed by atoms with Gasteiger partial charge in [-0.2, -0.15) is 0 Å². The molecular formula is C15H18FN3O2. The summed E-state index contributed by atoms with van der Waals surface area (Å²) in [5.74, 6) is -0.470. The van der Waals surface area contributed by atoms with Crippen LogP contribution in [0.1, 0.15) is 18.4 Å². The molecule has 1 aromatic rings. The van der Waals surface area contributed by atoms with Gasteiger partial charge in [-0.25, -0.2) is 9.18 Å². The second-order valence-corrected chi connectivity index (χ2v) is 5.50. The van der Waals surface area contributed by atoms with Crippen LogP contribution in [0.15, 0.2) is 24.3 Å². The lowest BCUT2D eigenvalue weighted by Gasteiger charge is -2.23. The van der Waals surface area contributed by atoms with E-state index >= 15 is 0 Å². The zero-order valence-corrected chi connectivity index (χ0v) is 11.7. The molecule has 3 amide bonds. The van der Waals surface area contributed by atoms with Gasteiger partial charge in [-0.05, 0) is 18.9 Å². The van der Waals surface area contributed by atoms with Crippen LogP contribution < -0.4 is 5.32 Å². The summed E-state index contributed by atoms with van der Waals surface area (Å²) in [5.41, 5.74) is 0.586. The summed E-state index contributed by atoms with van der Waals surface area (Å²) in [6, 6.07) is 6.59. The Kier molecular flexibility index (Phi) is 3.88. The van der Waals surface area contributed by atoms with Crippen LogP contribution in [0, 0.1) is 5.82 Å². The second-order valence-electron chi connectivity index (χ2n) is 5.50. The molecule has 0 radical (unpaired) electrons. The van der Waals surface area contributed by atoms with Crippen LogP contribution in [0.4, 0.5) is 9.18 Å². The van der Waals surface area contributed by atoms with E-state index in [1.807, 2.05) is 4.90 Å². The maximum absolute atomic E-state index is 13.7. The van der Waals surface area contributed by atoms with Gasteiger partial charge in [-0.1, -0.05) is 18.2 Å². The smallest absolute Gasteiger partial charge is 0.324 e. The number of halogens is 1. The van der Waals surface area contributed by atoms with Gasteiger partial charge in [0.1, 0.15) is 5.82 Å². The highest BCUT2D eigenvalue weighted by molar-refractivity contribution is 5.96. The molecule has 1 aliphatic heterocycles. The summed E-state index contributed by atoms with van der Waals surface area (Å²) in [5, 5.41) is 2.62. The van der Waals surface area contributed by atoms with E-state index in [2.05, 4.69) is 5.32 Å². The predicted molar refractivity (Wildman–Crippen MR) is 74.9 cm³/mol. The van der Waals surface area contributed by atoms with Crippen LogP contribution in [-0.2, 0) is 11.3 Å². The number of hydrogen-bond acceptors (Lipinski definition) is 3. The second kappa shape index (κ2) is 5.81. The number of carbonyl (C=O) groups is 2. The molecule has 1 saturated heterocycles. The summed E-state index contributed by atoms with van der Waals surface area (Å²) in [7, 11) is 0. The standard InChI is InChI=1S/C15H18FN3O2/c16-13-4-2-1-3-11(13)9-18(12-5-6-12)10-14(20)19-8-7-17-15(19)21/h1-4,12H,5-10H2,(H,17,21). The zero-order valence-electron chi connectivity index (χ0n) is 11.7. The van der Waals surface area contributed by atoms with Crippen LogP contribution >= 0.6 is 0 Å².